The summed E-state index contributed by atoms with van der Waals surface area (Å²) in [6, 6.07) is 5.72. The van der Waals surface area contributed by atoms with Crippen LogP contribution in [0.15, 0.2) is 23.4 Å². The van der Waals surface area contributed by atoms with Crippen molar-refractivity contribution in [1.82, 2.24) is 14.8 Å². The molecule has 1 unspecified atom stereocenters. The minimum absolute atomic E-state index is 0.278. The summed E-state index contributed by atoms with van der Waals surface area (Å²) in [6.07, 6.45) is 3.39. The highest BCUT2D eigenvalue weighted by Crippen LogP contribution is 2.28. The predicted octanol–water partition coefficient (Wildman–Crippen LogP) is 4.62. The van der Waals surface area contributed by atoms with Crippen LogP contribution < -0.4 is 0 Å². The number of halogens is 2. The van der Waals surface area contributed by atoms with Crippen LogP contribution in [0.2, 0.25) is 10.0 Å². The summed E-state index contributed by atoms with van der Waals surface area (Å²) in [7, 11) is 0. The lowest BCUT2D eigenvalue weighted by molar-refractivity contribution is 0.0942. The Hall–Kier alpha value is -0.750. The fraction of sp³-hybridized carbons (Fsp3) is 0.500. The first-order valence-corrected chi connectivity index (χ1v) is 9.52. The Balaban J connectivity index is 1.71. The van der Waals surface area contributed by atoms with Gasteiger partial charge in [0.1, 0.15) is 5.82 Å². The Morgan fingerprint density at radius 1 is 1.30 bits per heavy atom. The lowest BCUT2D eigenvalue weighted by Crippen LogP contribution is -2.17. The molecule has 0 amide bonds. The maximum absolute atomic E-state index is 6.08. The van der Waals surface area contributed by atoms with Crippen molar-refractivity contribution >= 4 is 35.0 Å². The van der Waals surface area contributed by atoms with Gasteiger partial charge in [-0.05, 0) is 30.5 Å². The summed E-state index contributed by atoms with van der Waals surface area (Å²) >= 11 is 13.7. The second-order valence-electron chi connectivity index (χ2n) is 5.54. The molecule has 0 aliphatic carbocycles. The molecule has 1 aliphatic rings. The van der Waals surface area contributed by atoms with E-state index in [2.05, 4.69) is 21.7 Å². The van der Waals surface area contributed by atoms with Crippen LogP contribution in [0.1, 0.15) is 31.2 Å². The van der Waals surface area contributed by atoms with Gasteiger partial charge in [0.05, 0.1) is 22.7 Å². The predicted molar refractivity (Wildman–Crippen MR) is 94.4 cm³/mol. The first-order chi connectivity index (χ1) is 11.2. The van der Waals surface area contributed by atoms with Crippen LogP contribution in [-0.2, 0) is 23.5 Å². The van der Waals surface area contributed by atoms with Crippen molar-refractivity contribution in [3.05, 3.63) is 39.6 Å². The number of thioether (sulfide) groups is 1. The molecule has 0 bridgehead atoms. The SMILES string of the molecule is CCc1nnc(SCc2ccc(Cl)c(Cl)c2)n1CC1CCCO1. The van der Waals surface area contributed by atoms with E-state index in [4.69, 9.17) is 27.9 Å². The molecule has 0 N–H and O–H groups in total. The van der Waals surface area contributed by atoms with Crippen LogP contribution in [0.5, 0.6) is 0 Å². The van der Waals surface area contributed by atoms with Gasteiger partial charge in [-0.2, -0.15) is 0 Å². The van der Waals surface area contributed by atoms with E-state index in [1.54, 1.807) is 11.8 Å². The summed E-state index contributed by atoms with van der Waals surface area (Å²) in [5.74, 6) is 1.79. The smallest absolute Gasteiger partial charge is 0.191 e. The van der Waals surface area contributed by atoms with Gasteiger partial charge in [-0.25, -0.2) is 0 Å². The molecule has 7 heteroatoms. The van der Waals surface area contributed by atoms with Gasteiger partial charge in [0.2, 0.25) is 0 Å². The first kappa shape index (κ1) is 17.1. The van der Waals surface area contributed by atoms with E-state index in [-0.39, 0.29) is 6.10 Å². The Morgan fingerprint density at radius 2 is 2.17 bits per heavy atom. The van der Waals surface area contributed by atoms with Crippen molar-refractivity contribution in [2.24, 2.45) is 0 Å². The number of benzene rings is 1. The molecule has 1 atom stereocenters. The molecular formula is C16H19Cl2N3OS. The largest absolute Gasteiger partial charge is 0.376 e. The molecule has 2 aromatic rings. The van der Waals surface area contributed by atoms with Crippen molar-refractivity contribution in [2.75, 3.05) is 6.61 Å². The topological polar surface area (TPSA) is 39.9 Å². The molecule has 0 saturated carbocycles. The number of hydrogen-bond donors (Lipinski definition) is 0. The standard InChI is InChI=1S/C16H19Cl2N3OS/c1-2-15-19-20-16(21(15)9-12-4-3-7-22-12)23-10-11-5-6-13(17)14(18)8-11/h5-6,8,12H,2-4,7,9-10H2,1H3. The minimum Gasteiger partial charge on any atom is -0.376 e. The van der Waals surface area contributed by atoms with Gasteiger partial charge in [-0.1, -0.05) is 48.0 Å². The van der Waals surface area contributed by atoms with Crippen LogP contribution in [0, 0.1) is 0 Å². The van der Waals surface area contributed by atoms with E-state index in [0.717, 1.165) is 54.7 Å². The summed E-state index contributed by atoms with van der Waals surface area (Å²) < 4.78 is 7.95. The molecule has 1 aromatic carbocycles. The highest BCUT2D eigenvalue weighted by molar-refractivity contribution is 7.98. The molecule has 4 nitrogen and oxygen atoms in total. The third kappa shape index (κ3) is 4.21. The third-order valence-electron chi connectivity index (χ3n) is 3.87. The number of rotatable bonds is 6. The minimum atomic E-state index is 0.278. The van der Waals surface area contributed by atoms with Crippen molar-refractivity contribution < 1.29 is 4.74 Å². The Kier molecular flexibility index (Phi) is 5.85. The zero-order valence-electron chi connectivity index (χ0n) is 13.0. The summed E-state index contributed by atoms with van der Waals surface area (Å²) in [5.41, 5.74) is 1.12. The lowest BCUT2D eigenvalue weighted by Gasteiger charge is -2.14. The molecule has 0 spiro atoms. The summed E-state index contributed by atoms with van der Waals surface area (Å²) in [5, 5.41) is 10.8. The number of aromatic nitrogens is 3. The number of nitrogens with zero attached hydrogens (tertiary/aromatic N) is 3. The second kappa shape index (κ2) is 7.88. The van der Waals surface area contributed by atoms with E-state index in [1.807, 2.05) is 18.2 Å². The van der Waals surface area contributed by atoms with E-state index < -0.39 is 0 Å². The molecule has 2 heterocycles. The van der Waals surface area contributed by atoms with Gasteiger partial charge in [0.15, 0.2) is 5.16 Å². The molecule has 1 saturated heterocycles. The van der Waals surface area contributed by atoms with Gasteiger partial charge >= 0.3 is 0 Å². The molecule has 3 rings (SSSR count). The van der Waals surface area contributed by atoms with E-state index in [9.17, 15) is 0 Å². The fourth-order valence-corrected chi connectivity index (χ4v) is 3.87. The van der Waals surface area contributed by atoms with Crippen LogP contribution in [0.4, 0.5) is 0 Å². The fourth-order valence-electron chi connectivity index (χ4n) is 2.64. The van der Waals surface area contributed by atoms with Crippen LogP contribution >= 0.6 is 35.0 Å². The van der Waals surface area contributed by atoms with Gasteiger partial charge in [-0.15, -0.1) is 10.2 Å². The quantitative estimate of drug-likeness (QED) is 0.694. The van der Waals surface area contributed by atoms with Crippen LogP contribution in [0.3, 0.4) is 0 Å². The van der Waals surface area contributed by atoms with Crippen LogP contribution in [-0.4, -0.2) is 27.5 Å². The summed E-state index contributed by atoms with van der Waals surface area (Å²) in [6.45, 7) is 3.79. The molecular weight excluding hydrogens is 353 g/mol. The maximum Gasteiger partial charge on any atom is 0.191 e. The van der Waals surface area contributed by atoms with E-state index in [0.29, 0.717) is 10.0 Å². The monoisotopic (exact) mass is 371 g/mol. The zero-order valence-corrected chi connectivity index (χ0v) is 15.3. The third-order valence-corrected chi connectivity index (χ3v) is 5.65. The Morgan fingerprint density at radius 3 is 2.87 bits per heavy atom. The second-order valence-corrected chi connectivity index (χ2v) is 7.29. The molecule has 124 valence electrons. The van der Waals surface area contributed by atoms with Crippen molar-refractivity contribution in [3.8, 4) is 0 Å². The molecule has 23 heavy (non-hydrogen) atoms. The van der Waals surface area contributed by atoms with Crippen molar-refractivity contribution in [1.29, 1.82) is 0 Å². The zero-order chi connectivity index (χ0) is 16.2. The van der Waals surface area contributed by atoms with Gasteiger partial charge in [0.25, 0.3) is 0 Å². The number of hydrogen-bond acceptors (Lipinski definition) is 4. The van der Waals surface area contributed by atoms with Crippen molar-refractivity contribution in [2.45, 2.75) is 49.7 Å². The molecule has 1 aliphatic heterocycles. The lowest BCUT2D eigenvalue weighted by atomic mass is 10.2. The van der Waals surface area contributed by atoms with E-state index >= 15 is 0 Å². The Bertz CT molecular complexity index is 671. The highest BCUT2D eigenvalue weighted by Gasteiger charge is 2.20. The van der Waals surface area contributed by atoms with Crippen molar-refractivity contribution in [3.63, 3.8) is 0 Å². The van der Waals surface area contributed by atoms with Crippen LogP contribution in [0.25, 0.3) is 0 Å². The van der Waals surface area contributed by atoms with Gasteiger partial charge in [0, 0.05) is 18.8 Å². The van der Waals surface area contributed by atoms with Gasteiger partial charge < -0.3 is 9.30 Å². The maximum atomic E-state index is 6.08. The molecule has 1 fully saturated rings. The van der Waals surface area contributed by atoms with E-state index in [1.165, 1.54) is 0 Å². The highest BCUT2D eigenvalue weighted by atomic mass is 35.5. The summed E-state index contributed by atoms with van der Waals surface area (Å²) in [4.78, 5) is 0. The number of ether oxygens (including phenoxy) is 1. The Labute approximate surface area is 150 Å². The van der Waals surface area contributed by atoms with Gasteiger partial charge in [-0.3, -0.25) is 0 Å². The molecule has 0 radical (unpaired) electrons. The average Bonchev–Trinajstić information content (AvgIpc) is 3.19. The number of aryl methyl sites for hydroxylation is 1. The normalized spacial score (nSPS) is 17.8. The molecule has 1 aromatic heterocycles. The first-order valence-electron chi connectivity index (χ1n) is 7.77. The average molecular weight is 372 g/mol.